The van der Waals surface area contributed by atoms with Crippen LogP contribution in [0, 0.1) is 23.5 Å². The minimum atomic E-state index is -0.606. The second-order valence-corrected chi connectivity index (χ2v) is 10.1. The number of amides is 3. The number of hydrogen-bond acceptors (Lipinski definition) is 4. The van der Waals surface area contributed by atoms with Crippen LogP contribution in [-0.2, 0) is 6.42 Å². The molecule has 39 heavy (non-hydrogen) atoms. The van der Waals surface area contributed by atoms with Gasteiger partial charge in [0.05, 0.1) is 22.3 Å². The van der Waals surface area contributed by atoms with Crippen molar-refractivity contribution in [2.24, 2.45) is 11.8 Å². The molecule has 2 saturated heterocycles. The first-order chi connectivity index (χ1) is 18.9. The topological polar surface area (TPSA) is 98.4 Å². The molecule has 3 amide bonds. The molecule has 2 aliphatic rings. The summed E-state index contributed by atoms with van der Waals surface area (Å²) in [7, 11) is 0. The average Bonchev–Trinajstić information content (AvgIpc) is 3.52. The lowest BCUT2D eigenvalue weighted by atomic mass is 10.0. The van der Waals surface area contributed by atoms with Crippen molar-refractivity contribution < 1.29 is 18.4 Å². The molecular formula is C29H25F2N5O3. The number of nitrogens with one attached hydrogen (secondary N) is 2. The number of likely N-dealkylation sites (tertiary alicyclic amines) is 2. The van der Waals surface area contributed by atoms with Gasteiger partial charge in [0.2, 0.25) is 0 Å². The van der Waals surface area contributed by atoms with Crippen LogP contribution in [0.2, 0.25) is 0 Å². The number of nitrogens with zero attached hydrogens (tertiary/aromatic N) is 3. The first-order valence-electron chi connectivity index (χ1n) is 12.7. The normalized spacial score (nSPS) is 18.4. The average molecular weight is 530 g/mol. The van der Waals surface area contributed by atoms with Crippen LogP contribution in [0.1, 0.15) is 21.6 Å². The molecule has 0 radical (unpaired) electrons. The summed E-state index contributed by atoms with van der Waals surface area (Å²) in [4.78, 5) is 41.4. The van der Waals surface area contributed by atoms with Crippen molar-refractivity contribution >= 4 is 28.4 Å². The van der Waals surface area contributed by atoms with Crippen LogP contribution in [0.3, 0.4) is 0 Å². The molecule has 4 aromatic rings. The number of halogens is 2. The van der Waals surface area contributed by atoms with Gasteiger partial charge in [0.25, 0.3) is 11.5 Å². The summed E-state index contributed by atoms with van der Waals surface area (Å²) in [6.07, 6.45) is 0.315. The van der Waals surface area contributed by atoms with Gasteiger partial charge in [-0.15, -0.1) is 0 Å². The lowest BCUT2D eigenvalue weighted by Crippen LogP contribution is -2.38. The van der Waals surface area contributed by atoms with Crippen molar-refractivity contribution in [3.63, 3.8) is 0 Å². The second-order valence-electron chi connectivity index (χ2n) is 10.1. The van der Waals surface area contributed by atoms with Crippen LogP contribution in [0.15, 0.2) is 71.5 Å². The number of para-hydroxylation sites is 1. The zero-order chi connectivity index (χ0) is 27.1. The smallest absolute Gasteiger partial charge is 0.321 e. The van der Waals surface area contributed by atoms with Gasteiger partial charge in [0.1, 0.15) is 11.6 Å². The van der Waals surface area contributed by atoms with E-state index in [0.717, 1.165) is 0 Å². The molecule has 1 aromatic heterocycles. The maximum atomic E-state index is 14.8. The number of aromatic nitrogens is 2. The Morgan fingerprint density at radius 1 is 0.872 bits per heavy atom. The van der Waals surface area contributed by atoms with E-state index in [1.807, 2.05) is 12.1 Å². The third kappa shape index (κ3) is 4.73. The summed E-state index contributed by atoms with van der Waals surface area (Å²) in [5.41, 5.74) is 1.14. The maximum absolute atomic E-state index is 14.8. The fraction of sp³-hybridized carbons (Fsp3) is 0.241. The Morgan fingerprint density at radius 2 is 1.54 bits per heavy atom. The summed E-state index contributed by atoms with van der Waals surface area (Å²) >= 11 is 0. The fourth-order valence-electron chi connectivity index (χ4n) is 5.60. The summed E-state index contributed by atoms with van der Waals surface area (Å²) in [5, 5.41) is 10.5. The number of carbonyl (C=O) groups is 2. The van der Waals surface area contributed by atoms with Crippen LogP contribution < -0.4 is 10.9 Å². The minimum Gasteiger partial charge on any atom is -0.338 e. The Balaban J connectivity index is 1.13. The largest absolute Gasteiger partial charge is 0.338 e. The maximum Gasteiger partial charge on any atom is 0.321 e. The first kappa shape index (κ1) is 24.7. The van der Waals surface area contributed by atoms with Gasteiger partial charge >= 0.3 is 6.03 Å². The molecule has 0 spiro atoms. The second kappa shape index (κ2) is 9.94. The van der Waals surface area contributed by atoms with E-state index >= 15 is 0 Å². The zero-order valence-electron chi connectivity index (χ0n) is 20.9. The number of anilines is 1. The van der Waals surface area contributed by atoms with Gasteiger partial charge < -0.3 is 15.1 Å². The molecule has 0 bridgehead atoms. The molecule has 198 valence electrons. The predicted molar refractivity (Wildman–Crippen MR) is 141 cm³/mol. The molecule has 3 heterocycles. The van der Waals surface area contributed by atoms with Gasteiger partial charge in [-0.25, -0.2) is 18.7 Å². The van der Waals surface area contributed by atoms with E-state index in [2.05, 4.69) is 15.5 Å². The highest BCUT2D eigenvalue weighted by Gasteiger charge is 2.43. The van der Waals surface area contributed by atoms with Crippen LogP contribution in [0.25, 0.3) is 10.8 Å². The lowest BCUT2D eigenvalue weighted by Gasteiger charge is -2.22. The molecule has 10 heteroatoms. The van der Waals surface area contributed by atoms with Crippen molar-refractivity contribution in [1.29, 1.82) is 0 Å². The molecule has 2 fully saturated rings. The monoisotopic (exact) mass is 529 g/mol. The Hall–Kier alpha value is -4.60. The fourth-order valence-corrected chi connectivity index (χ4v) is 5.60. The number of carbonyl (C=O) groups excluding carboxylic acids is 2. The third-order valence-electron chi connectivity index (χ3n) is 7.58. The number of urea groups is 1. The number of benzene rings is 3. The molecule has 3 aromatic carbocycles. The standard InChI is InChI=1S/C29H25F2N5O3/c30-23-10-9-17(12-26-20-5-1-2-6-21(20)27(37)34-33-26)11-22(23)28(38)35-13-18-15-36(16-19(18)14-35)29(39)32-25-8-4-3-7-24(25)31/h1-11,18-19H,12-16H2,(H,32,39)(H,34,37). The zero-order valence-corrected chi connectivity index (χ0v) is 20.9. The van der Waals surface area contributed by atoms with Crippen molar-refractivity contribution in [2.75, 3.05) is 31.5 Å². The number of aromatic amines is 1. The molecule has 2 aliphatic heterocycles. The van der Waals surface area contributed by atoms with E-state index < -0.39 is 17.5 Å². The van der Waals surface area contributed by atoms with E-state index in [1.54, 1.807) is 46.2 Å². The summed E-state index contributed by atoms with van der Waals surface area (Å²) in [6, 6.07) is 17.2. The number of rotatable bonds is 4. The number of hydrogen-bond donors (Lipinski definition) is 2. The third-order valence-corrected chi connectivity index (χ3v) is 7.58. The first-order valence-corrected chi connectivity index (χ1v) is 12.7. The molecule has 0 saturated carbocycles. The van der Waals surface area contributed by atoms with E-state index in [0.29, 0.717) is 54.6 Å². The van der Waals surface area contributed by atoms with E-state index in [9.17, 15) is 23.2 Å². The molecular weight excluding hydrogens is 504 g/mol. The lowest BCUT2D eigenvalue weighted by molar-refractivity contribution is 0.0772. The van der Waals surface area contributed by atoms with Gasteiger partial charge in [0, 0.05) is 49.8 Å². The van der Waals surface area contributed by atoms with Crippen LogP contribution in [-0.4, -0.2) is 58.1 Å². The van der Waals surface area contributed by atoms with E-state index in [1.165, 1.54) is 18.2 Å². The Morgan fingerprint density at radius 3 is 2.28 bits per heavy atom. The molecule has 2 atom stereocenters. The van der Waals surface area contributed by atoms with E-state index in [-0.39, 0.29) is 34.7 Å². The molecule has 2 N–H and O–H groups in total. The van der Waals surface area contributed by atoms with Gasteiger partial charge in [-0.3, -0.25) is 9.59 Å². The molecule has 6 rings (SSSR count). The number of fused-ring (bicyclic) bond motifs is 2. The minimum absolute atomic E-state index is 0.0182. The van der Waals surface area contributed by atoms with Crippen LogP contribution in [0.4, 0.5) is 19.3 Å². The molecule has 0 aliphatic carbocycles. The molecule has 2 unspecified atom stereocenters. The van der Waals surface area contributed by atoms with Gasteiger partial charge in [0.15, 0.2) is 0 Å². The highest BCUT2D eigenvalue weighted by molar-refractivity contribution is 5.95. The Labute approximate surface area is 222 Å². The van der Waals surface area contributed by atoms with Gasteiger partial charge in [-0.2, -0.15) is 5.10 Å². The summed E-state index contributed by atoms with van der Waals surface area (Å²) in [5.74, 6) is -1.39. The van der Waals surface area contributed by atoms with Crippen molar-refractivity contribution in [3.8, 4) is 0 Å². The highest BCUT2D eigenvalue weighted by atomic mass is 19.1. The SMILES string of the molecule is O=C(Nc1ccccc1F)N1CC2CN(C(=O)c3cc(Cc4n[nH]c(=O)c5ccccc45)ccc3F)CC2C1. The van der Waals surface area contributed by atoms with Crippen molar-refractivity contribution in [3.05, 3.63) is 106 Å². The Kier molecular flexibility index (Phi) is 6.30. The number of H-pyrrole nitrogens is 1. The van der Waals surface area contributed by atoms with Crippen LogP contribution >= 0.6 is 0 Å². The quantitative estimate of drug-likeness (QED) is 0.417. The molecule has 8 nitrogen and oxygen atoms in total. The summed E-state index contributed by atoms with van der Waals surface area (Å²) in [6.45, 7) is 1.68. The predicted octanol–water partition coefficient (Wildman–Crippen LogP) is 4.03. The highest BCUT2D eigenvalue weighted by Crippen LogP contribution is 2.33. The van der Waals surface area contributed by atoms with E-state index in [4.69, 9.17) is 0 Å². The van der Waals surface area contributed by atoms with Crippen LogP contribution in [0.5, 0.6) is 0 Å². The van der Waals surface area contributed by atoms with Crippen molar-refractivity contribution in [1.82, 2.24) is 20.0 Å². The summed E-state index contributed by atoms with van der Waals surface area (Å²) < 4.78 is 28.7. The Bertz CT molecular complexity index is 1640. The van der Waals surface area contributed by atoms with Gasteiger partial charge in [-0.1, -0.05) is 36.4 Å². The van der Waals surface area contributed by atoms with Crippen molar-refractivity contribution in [2.45, 2.75) is 6.42 Å². The van der Waals surface area contributed by atoms with Gasteiger partial charge in [-0.05, 0) is 35.9 Å².